The van der Waals surface area contributed by atoms with Crippen molar-refractivity contribution < 1.29 is 23.1 Å². The lowest BCUT2D eigenvalue weighted by atomic mass is 10.0. The molecular formula is C20H24F2N2O3. The number of aryl methyl sites for hydroxylation is 1. The second-order valence-corrected chi connectivity index (χ2v) is 6.49. The zero-order valence-electron chi connectivity index (χ0n) is 16.1. The monoisotopic (exact) mass is 378 g/mol. The van der Waals surface area contributed by atoms with Crippen LogP contribution in [0.4, 0.5) is 8.78 Å². The molecule has 2 unspecified atom stereocenters. The van der Waals surface area contributed by atoms with Crippen molar-refractivity contribution in [3.05, 3.63) is 57.9 Å². The maximum Gasteiger partial charge on any atom is 0.340 e. The molecule has 0 fully saturated rings. The molecule has 0 radical (unpaired) electrons. The number of carbonyl (C=O) groups is 2. The number of rotatable bonds is 7. The molecule has 0 aliphatic carbocycles. The van der Waals surface area contributed by atoms with Crippen LogP contribution in [-0.4, -0.2) is 29.4 Å². The van der Waals surface area contributed by atoms with Crippen LogP contribution in [0.3, 0.4) is 0 Å². The van der Waals surface area contributed by atoms with E-state index in [2.05, 4.69) is 10.3 Å². The summed E-state index contributed by atoms with van der Waals surface area (Å²) in [5, 5.41) is 3.08. The van der Waals surface area contributed by atoms with E-state index in [4.69, 9.17) is 4.74 Å². The number of ether oxygens (including phenoxy) is 1. The number of aromatic nitrogens is 1. The first-order valence-electron chi connectivity index (χ1n) is 8.78. The van der Waals surface area contributed by atoms with Crippen molar-refractivity contribution in [2.75, 3.05) is 6.61 Å². The summed E-state index contributed by atoms with van der Waals surface area (Å²) in [7, 11) is 0. The Balaban J connectivity index is 2.18. The van der Waals surface area contributed by atoms with E-state index < -0.39 is 23.6 Å². The standard InChI is InChI=1S/C20H24F2N2O3/c1-6-27-20(26)17-10(2)18(24-12(17)4)19(25)13(5)23-11(3)14-7-8-15(21)16(22)9-14/h7-9,11,13,23-24H,6H2,1-5H3. The lowest BCUT2D eigenvalue weighted by Crippen LogP contribution is -2.36. The molecule has 2 atom stereocenters. The summed E-state index contributed by atoms with van der Waals surface area (Å²) in [5.41, 5.74) is 2.31. The number of hydrogen-bond acceptors (Lipinski definition) is 4. The molecular weight excluding hydrogens is 354 g/mol. The van der Waals surface area contributed by atoms with Crippen LogP contribution in [-0.2, 0) is 4.74 Å². The number of halogens is 2. The van der Waals surface area contributed by atoms with Gasteiger partial charge in [0.05, 0.1) is 23.9 Å². The Kier molecular flexibility index (Phi) is 6.49. The Bertz CT molecular complexity index is 861. The average molecular weight is 378 g/mol. The highest BCUT2D eigenvalue weighted by molar-refractivity contribution is 6.03. The summed E-state index contributed by atoms with van der Waals surface area (Å²) in [6, 6.07) is 2.64. The van der Waals surface area contributed by atoms with Crippen molar-refractivity contribution >= 4 is 11.8 Å². The third-order valence-electron chi connectivity index (χ3n) is 4.50. The molecule has 0 saturated carbocycles. The van der Waals surface area contributed by atoms with E-state index in [1.807, 2.05) is 0 Å². The largest absolute Gasteiger partial charge is 0.462 e. The third kappa shape index (κ3) is 4.42. The van der Waals surface area contributed by atoms with Gasteiger partial charge in [0.25, 0.3) is 0 Å². The van der Waals surface area contributed by atoms with Crippen LogP contribution in [0.1, 0.15) is 64.5 Å². The highest BCUT2D eigenvalue weighted by Crippen LogP contribution is 2.22. The quantitative estimate of drug-likeness (QED) is 0.564. The van der Waals surface area contributed by atoms with Gasteiger partial charge in [-0.2, -0.15) is 0 Å². The minimum atomic E-state index is -0.935. The molecule has 0 aliphatic heterocycles. The first-order chi connectivity index (χ1) is 12.7. The Labute approximate surface area is 157 Å². The van der Waals surface area contributed by atoms with Gasteiger partial charge >= 0.3 is 5.97 Å². The molecule has 27 heavy (non-hydrogen) atoms. The van der Waals surface area contributed by atoms with Crippen LogP contribution in [0, 0.1) is 25.5 Å². The summed E-state index contributed by atoms with van der Waals surface area (Å²) < 4.78 is 31.5. The highest BCUT2D eigenvalue weighted by Gasteiger charge is 2.26. The summed E-state index contributed by atoms with van der Waals surface area (Å²) in [5.74, 6) is -2.56. The lowest BCUT2D eigenvalue weighted by Gasteiger charge is -2.19. The fourth-order valence-corrected chi connectivity index (χ4v) is 3.05. The molecule has 7 heteroatoms. The first-order valence-corrected chi connectivity index (χ1v) is 8.78. The maximum absolute atomic E-state index is 13.4. The minimum absolute atomic E-state index is 0.236. The second kappa shape index (κ2) is 8.43. The van der Waals surface area contributed by atoms with Gasteiger partial charge in [-0.1, -0.05) is 6.07 Å². The summed E-state index contributed by atoms with van der Waals surface area (Å²) in [6.07, 6.45) is 0. The zero-order valence-corrected chi connectivity index (χ0v) is 16.1. The Morgan fingerprint density at radius 1 is 1.19 bits per heavy atom. The number of hydrogen-bond donors (Lipinski definition) is 2. The van der Waals surface area contributed by atoms with Gasteiger partial charge in [0, 0.05) is 11.7 Å². The smallest absolute Gasteiger partial charge is 0.340 e. The average Bonchev–Trinajstić information content (AvgIpc) is 2.91. The van der Waals surface area contributed by atoms with Crippen molar-refractivity contribution in [2.45, 2.75) is 46.7 Å². The van der Waals surface area contributed by atoms with Crippen LogP contribution < -0.4 is 5.32 Å². The van der Waals surface area contributed by atoms with E-state index in [0.717, 1.165) is 12.1 Å². The van der Waals surface area contributed by atoms with Crippen molar-refractivity contribution in [1.29, 1.82) is 0 Å². The fourth-order valence-electron chi connectivity index (χ4n) is 3.05. The van der Waals surface area contributed by atoms with E-state index >= 15 is 0 Å². The number of H-pyrrole nitrogens is 1. The summed E-state index contributed by atoms with van der Waals surface area (Å²) >= 11 is 0. The van der Waals surface area contributed by atoms with Gasteiger partial charge < -0.3 is 15.0 Å². The molecule has 1 aromatic carbocycles. The summed E-state index contributed by atoms with van der Waals surface area (Å²) in [6.45, 7) is 8.79. The van der Waals surface area contributed by atoms with Gasteiger partial charge in [0.1, 0.15) is 0 Å². The molecule has 1 heterocycles. The molecule has 0 amide bonds. The van der Waals surface area contributed by atoms with Crippen molar-refractivity contribution in [3.8, 4) is 0 Å². The molecule has 0 bridgehead atoms. The van der Waals surface area contributed by atoms with Gasteiger partial charge in [0.15, 0.2) is 17.4 Å². The Hall–Kier alpha value is -2.54. The maximum atomic E-state index is 13.4. The van der Waals surface area contributed by atoms with Crippen LogP contribution in [0.2, 0.25) is 0 Å². The first kappa shape index (κ1) is 20.8. The summed E-state index contributed by atoms with van der Waals surface area (Å²) in [4.78, 5) is 27.9. The van der Waals surface area contributed by atoms with Gasteiger partial charge in [-0.3, -0.25) is 4.79 Å². The number of esters is 1. The fraction of sp³-hybridized carbons (Fsp3) is 0.400. The van der Waals surface area contributed by atoms with Crippen molar-refractivity contribution in [3.63, 3.8) is 0 Å². The van der Waals surface area contributed by atoms with Gasteiger partial charge in [-0.25, -0.2) is 13.6 Å². The number of benzene rings is 1. The van der Waals surface area contributed by atoms with Gasteiger partial charge in [-0.05, 0) is 57.9 Å². The van der Waals surface area contributed by atoms with Crippen LogP contribution >= 0.6 is 0 Å². The molecule has 0 aliphatic rings. The van der Waals surface area contributed by atoms with E-state index in [9.17, 15) is 18.4 Å². The predicted octanol–water partition coefficient (Wildman–Crippen LogP) is 4.01. The molecule has 1 aromatic heterocycles. The molecule has 5 nitrogen and oxygen atoms in total. The zero-order chi connectivity index (χ0) is 20.3. The third-order valence-corrected chi connectivity index (χ3v) is 4.50. The topological polar surface area (TPSA) is 71.2 Å². The minimum Gasteiger partial charge on any atom is -0.462 e. The number of carbonyl (C=O) groups excluding carboxylic acids is 2. The van der Waals surface area contributed by atoms with Crippen LogP contribution in [0.25, 0.3) is 0 Å². The molecule has 2 N–H and O–H groups in total. The van der Waals surface area contributed by atoms with E-state index in [-0.39, 0.29) is 18.4 Å². The second-order valence-electron chi connectivity index (χ2n) is 6.49. The van der Waals surface area contributed by atoms with Crippen molar-refractivity contribution in [2.24, 2.45) is 0 Å². The van der Waals surface area contributed by atoms with Gasteiger partial charge in [0.2, 0.25) is 0 Å². The van der Waals surface area contributed by atoms with Crippen LogP contribution in [0.5, 0.6) is 0 Å². The van der Waals surface area contributed by atoms with Crippen molar-refractivity contribution in [1.82, 2.24) is 10.3 Å². The van der Waals surface area contributed by atoms with Gasteiger partial charge in [-0.15, -0.1) is 0 Å². The number of ketones is 1. The molecule has 2 aromatic rings. The predicted molar refractivity (Wildman–Crippen MR) is 97.9 cm³/mol. The lowest BCUT2D eigenvalue weighted by molar-refractivity contribution is 0.0525. The Morgan fingerprint density at radius 3 is 2.44 bits per heavy atom. The normalized spacial score (nSPS) is 13.3. The van der Waals surface area contributed by atoms with Crippen LogP contribution in [0.15, 0.2) is 18.2 Å². The molecule has 0 saturated heterocycles. The number of aromatic amines is 1. The van der Waals surface area contributed by atoms with E-state index in [0.29, 0.717) is 28.1 Å². The molecule has 2 rings (SSSR count). The SMILES string of the molecule is CCOC(=O)c1c(C)[nH]c(C(=O)C(C)NC(C)c2ccc(F)c(F)c2)c1C. The molecule has 146 valence electrons. The van der Waals surface area contributed by atoms with E-state index in [1.165, 1.54) is 6.07 Å². The number of nitrogens with one attached hydrogen (secondary N) is 2. The van der Waals surface area contributed by atoms with E-state index in [1.54, 1.807) is 34.6 Å². The Morgan fingerprint density at radius 2 is 1.85 bits per heavy atom. The number of Topliss-reactive ketones (excluding diaryl/α,β-unsaturated/α-hetero) is 1. The molecule has 0 spiro atoms. The highest BCUT2D eigenvalue weighted by atomic mass is 19.2.